The van der Waals surface area contributed by atoms with Crippen LogP contribution < -0.4 is 10.6 Å². The molecule has 0 radical (unpaired) electrons. The van der Waals surface area contributed by atoms with Gasteiger partial charge in [-0.15, -0.1) is 0 Å². The fraction of sp³-hybridized carbons (Fsp3) is 0.400. The third-order valence-electron chi connectivity index (χ3n) is 3.91. The van der Waals surface area contributed by atoms with E-state index in [1.165, 1.54) is 5.56 Å². The van der Waals surface area contributed by atoms with Crippen molar-refractivity contribution in [2.24, 2.45) is 0 Å². The number of likely N-dealkylation sites (N-methyl/N-ethyl adjacent to an activating group) is 1. The molecular formula is C20H28N4O. The summed E-state index contributed by atoms with van der Waals surface area (Å²) in [6, 6.07) is 11.4. The van der Waals surface area contributed by atoms with Crippen molar-refractivity contribution in [3.05, 3.63) is 53.7 Å². The van der Waals surface area contributed by atoms with Crippen LogP contribution in [0.5, 0.6) is 0 Å². The Morgan fingerprint density at radius 1 is 1.08 bits per heavy atom. The summed E-state index contributed by atoms with van der Waals surface area (Å²) in [5.74, 6) is 0.393. The number of nitrogens with zero attached hydrogens (tertiary/aromatic N) is 2. The second-order valence-electron chi connectivity index (χ2n) is 7.44. The van der Waals surface area contributed by atoms with Crippen LogP contribution in [0, 0.1) is 0 Å². The van der Waals surface area contributed by atoms with E-state index in [2.05, 4.69) is 41.3 Å². The van der Waals surface area contributed by atoms with E-state index in [-0.39, 0.29) is 11.3 Å². The largest absolute Gasteiger partial charge is 0.383 e. The quantitative estimate of drug-likeness (QED) is 0.843. The molecule has 0 saturated heterocycles. The van der Waals surface area contributed by atoms with E-state index < -0.39 is 0 Å². The van der Waals surface area contributed by atoms with E-state index in [0.717, 1.165) is 18.8 Å². The topological polar surface area (TPSA) is 57.3 Å². The molecule has 0 atom stereocenters. The molecule has 0 unspecified atom stereocenters. The lowest BCUT2D eigenvalue weighted by Crippen LogP contribution is -2.20. The van der Waals surface area contributed by atoms with Gasteiger partial charge in [-0.3, -0.25) is 4.79 Å². The Bertz CT molecular complexity index is 685. The van der Waals surface area contributed by atoms with Crippen LogP contribution in [0.15, 0.2) is 42.6 Å². The number of amides is 1. The minimum atomic E-state index is -0.152. The van der Waals surface area contributed by atoms with Gasteiger partial charge >= 0.3 is 0 Å². The van der Waals surface area contributed by atoms with Crippen molar-refractivity contribution < 1.29 is 4.79 Å². The van der Waals surface area contributed by atoms with Gasteiger partial charge in [0.05, 0.1) is 11.9 Å². The van der Waals surface area contributed by atoms with Gasteiger partial charge in [0.2, 0.25) is 0 Å². The third kappa shape index (κ3) is 5.87. The van der Waals surface area contributed by atoms with E-state index in [9.17, 15) is 4.79 Å². The first-order chi connectivity index (χ1) is 11.8. The highest BCUT2D eigenvalue weighted by Gasteiger charge is 2.14. The SMILES string of the molecule is CN(C)CCNc1ccc(NC(=O)c2ccc(C(C)(C)C)cc2)nc1. The zero-order chi connectivity index (χ0) is 18.4. The summed E-state index contributed by atoms with van der Waals surface area (Å²) in [6.07, 6.45) is 1.73. The number of carbonyl (C=O) groups is 1. The molecule has 5 nitrogen and oxygen atoms in total. The minimum absolute atomic E-state index is 0.0754. The maximum absolute atomic E-state index is 12.3. The molecule has 0 aliphatic rings. The number of rotatable bonds is 6. The Balaban J connectivity index is 1.94. The van der Waals surface area contributed by atoms with Crippen LogP contribution in [0.2, 0.25) is 0 Å². The van der Waals surface area contributed by atoms with Gasteiger partial charge in [0.15, 0.2) is 0 Å². The van der Waals surface area contributed by atoms with Crippen LogP contribution >= 0.6 is 0 Å². The lowest BCUT2D eigenvalue weighted by Gasteiger charge is -2.19. The summed E-state index contributed by atoms with van der Waals surface area (Å²) in [5, 5.41) is 6.12. The lowest BCUT2D eigenvalue weighted by molar-refractivity contribution is 0.102. The predicted molar refractivity (Wildman–Crippen MR) is 104 cm³/mol. The van der Waals surface area contributed by atoms with Crippen molar-refractivity contribution in [1.29, 1.82) is 0 Å². The van der Waals surface area contributed by atoms with Gasteiger partial charge in [-0.1, -0.05) is 32.9 Å². The van der Waals surface area contributed by atoms with Crippen LogP contribution in [-0.4, -0.2) is 43.0 Å². The van der Waals surface area contributed by atoms with Gasteiger partial charge in [0, 0.05) is 18.7 Å². The van der Waals surface area contributed by atoms with Gasteiger partial charge < -0.3 is 15.5 Å². The standard InChI is InChI=1S/C20H28N4O/c1-20(2,3)16-8-6-15(7-9-16)19(25)23-18-11-10-17(14-22-18)21-12-13-24(4)5/h6-11,14,21H,12-13H2,1-5H3,(H,22,23,25). The first kappa shape index (κ1) is 18.9. The third-order valence-corrected chi connectivity index (χ3v) is 3.91. The number of hydrogen-bond donors (Lipinski definition) is 2. The molecule has 0 aliphatic carbocycles. The van der Waals surface area contributed by atoms with Crippen molar-refractivity contribution in [2.45, 2.75) is 26.2 Å². The van der Waals surface area contributed by atoms with Gasteiger partial charge in [0.1, 0.15) is 5.82 Å². The van der Waals surface area contributed by atoms with Crippen LogP contribution in [-0.2, 0) is 5.41 Å². The molecule has 1 heterocycles. The molecule has 0 saturated carbocycles. The molecule has 0 fully saturated rings. The van der Waals surface area contributed by atoms with E-state index in [1.54, 1.807) is 12.3 Å². The highest BCUT2D eigenvalue weighted by Crippen LogP contribution is 2.22. The molecule has 1 aromatic carbocycles. The smallest absolute Gasteiger partial charge is 0.256 e. The zero-order valence-electron chi connectivity index (χ0n) is 15.8. The van der Waals surface area contributed by atoms with Gasteiger partial charge in [-0.2, -0.15) is 0 Å². The van der Waals surface area contributed by atoms with Gasteiger partial charge in [-0.05, 0) is 49.3 Å². The highest BCUT2D eigenvalue weighted by molar-refractivity contribution is 6.03. The van der Waals surface area contributed by atoms with Crippen molar-refractivity contribution in [3.8, 4) is 0 Å². The molecule has 5 heteroatoms. The van der Waals surface area contributed by atoms with E-state index >= 15 is 0 Å². The first-order valence-electron chi connectivity index (χ1n) is 8.52. The van der Waals surface area contributed by atoms with Crippen molar-refractivity contribution in [1.82, 2.24) is 9.88 Å². The average molecular weight is 340 g/mol. The molecular weight excluding hydrogens is 312 g/mol. The summed E-state index contributed by atoms with van der Waals surface area (Å²) in [7, 11) is 4.07. The molecule has 0 spiro atoms. The summed E-state index contributed by atoms with van der Waals surface area (Å²) in [4.78, 5) is 18.7. The molecule has 134 valence electrons. The fourth-order valence-electron chi connectivity index (χ4n) is 2.31. The van der Waals surface area contributed by atoms with Crippen LogP contribution in [0.4, 0.5) is 11.5 Å². The molecule has 2 aromatic rings. The number of benzene rings is 1. The first-order valence-corrected chi connectivity index (χ1v) is 8.52. The molecule has 1 amide bonds. The van der Waals surface area contributed by atoms with E-state index in [4.69, 9.17) is 0 Å². The van der Waals surface area contributed by atoms with E-state index in [1.807, 2.05) is 44.4 Å². The lowest BCUT2D eigenvalue weighted by atomic mass is 9.87. The maximum Gasteiger partial charge on any atom is 0.256 e. The number of hydrogen-bond acceptors (Lipinski definition) is 4. The van der Waals surface area contributed by atoms with Crippen LogP contribution in [0.3, 0.4) is 0 Å². The Morgan fingerprint density at radius 3 is 2.28 bits per heavy atom. The second-order valence-corrected chi connectivity index (χ2v) is 7.44. The Kier molecular flexibility index (Phi) is 6.15. The van der Waals surface area contributed by atoms with Gasteiger partial charge in [-0.25, -0.2) is 4.98 Å². The van der Waals surface area contributed by atoms with Crippen LogP contribution in [0.1, 0.15) is 36.7 Å². The maximum atomic E-state index is 12.3. The molecule has 2 N–H and O–H groups in total. The average Bonchev–Trinajstić information content (AvgIpc) is 2.55. The van der Waals surface area contributed by atoms with E-state index in [0.29, 0.717) is 11.4 Å². The second kappa shape index (κ2) is 8.12. The zero-order valence-corrected chi connectivity index (χ0v) is 15.8. The molecule has 0 bridgehead atoms. The molecule has 1 aromatic heterocycles. The Labute approximate surface area is 150 Å². The van der Waals surface area contributed by atoms with Crippen molar-refractivity contribution >= 4 is 17.4 Å². The molecule has 2 rings (SSSR count). The van der Waals surface area contributed by atoms with Crippen molar-refractivity contribution in [3.63, 3.8) is 0 Å². The minimum Gasteiger partial charge on any atom is -0.383 e. The number of nitrogens with one attached hydrogen (secondary N) is 2. The fourth-order valence-corrected chi connectivity index (χ4v) is 2.31. The Hall–Kier alpha value is -2.40. The summed E-state index contributed by atoms with van der Waals surface area (Å²) in [5.41, 5.74) is 2.85. The number of pyridine rings is 1. The normalized spacial score (nSPS) is 11.4. The Morgan fingerprint density at radius 2 is 1.76 bits per heavy atom. The monoisotopic (exact) mass is 340 g/mol. The molecule has 0 aliphatic heterocycles. The van der Waals surface area contributed by atoms with Crippen LogP contribution in [0.25, 0.3) is 0 Å². The predicted octanol–water partition coefficient (Wildman–Crippen LogP) is 3.60. The summed E-state index contributed by atoms with van der Waals surface area (Å²) >= 11 is 0. The highest BCUT2D eigenvalue weighted by atomic mass is 16.1. The summed E-state index contributed by atoms with van der Waals surface area (Å²) in [6.45, 7) is 8.25. The van der Waals surface area contributed by atoms with Crippen molar-refractivity contribution in [2.75, 3.05) is 37.8 Å². The number of carbonyl (C=O) groups excluding carboxylic acids is 1. The van der Waals surface area contributed by atoms with Gasteiger partial charge in [0.25, 0.3) is 5.91 Å². The number of aromatic nitrogens is 1. The molecule has 25 heavy (non-hydrogen) atoms. The summed E-state index contributed by atoms with van der Waals surface area (Å²) < 4.78 is 0. The number of anilines is 2.